The number of rotatable bonds is 5. The fraction of sp³-hybridized carbons (Fsp3) is 1.00. The third kappa shape index (κ3) is 3.30. The molecule has 2 saturated heterocycles. The van der Waals surface area contributed by atoms with Crippen molar-refractivity contribution in [2.75, 3.05) is 19.7 Å². The summed E-state index contributed by atoms with van der Waals surface area (Å²) in [6, 6.07) is 2.23. The molecule has 122 valence electrons. The molecule has 3 nitrogen and oxygen atoms in total. The van der Waals surface area contributed by atoms with E-state index in [1.807, 2.05) is 0 Å². The van der Waals surface area contributed by atoms with Crippen LogP contribution in [0.4, 0.5) is 0 Å². The van der Waals surface area contributed by atoms with E-state index in [0.717, 1.165) is 43.5 Å². The van der Waals surface area contributed by atoms with E-state index in [0.29, 0.717) is 0 Å². The highest BCUT2D eigenvalue weighted by Crippen LogP contribution is 2.38. The Morgan fingerprint density at radius 2 is 1.90 bits per heavy atom. The van der Waals surface area contributed by atoms with Crippen LogP contribution in [0.25, 0.3) is 0 Å². The molecule has 21 heavy (non-hydrogen) atoms. The summed E-state index contributed by atoms with van der Waals surface area (Å²) in [5.41, 5.74) is 0.154. The van der Waals surface area contributed by atoms with Crippen molar-refractivity contribution >= 4 is 0 Å². The zero-order chi connectivity index (χ0) is 14.9. The zero-order valence-electron chi connectivity index (χ0n) is 14.2. The Morgan fingerprint density at radius 1 is 1.14 bits per heavy atom. The Hall–Kier alpha value is -0.120. The first kappa shape index (κ1) is 15.8. The minimum atomic E-state index is 0.154. The van der Waals surface area contributed by atoms with Crippen molar-refractivity contribution in [1.82, 2.24) is 10.2 Å². The average Bonchev–Trinajstić information content (AvgIpc) is 3.39. The summed E-state index contributed by atoms with van der Waals surface area (Å²) >= 11 is 0. The molecule has 0 radical (unpaired) electrons. The van der Waals surface area contributed by atoms with Gasteiger partial charge in [0.25, 0.3) is 0 Å². The van der Waals surface area contributed by atoms with Crippen molar-refractivity contribution in [2.24, 2.45) is 5.92 Å². The van der Waals surface area contributed by atoms with Crippen LogP contribution in [0, 0.1) is 5.92 Å². The lowest BCUT2D eigenvalue weighted by molar-refractivity contribution is -0.119. The Bertz CT molecular complexity index is 338. The SMILES string of the molecule is CCC1CNC(C2CC2)CN1C1CCOC(CC)(CC)C1. The molecule has 0 amide bonds. The topological polar surface area (TPSA) is 24.5 Å². The largest absolute Gasteiger partial charge is 0.375 e. The van der Waals surface area contributed by atoms with Gasteiger partial charge in [-0.3, -0.25) is 4.90 Å². The smallest absolute Gasteiger partial charge is 0.0692 e. The summed E-state index contributed by atoms with van der Waals surface area (Å²) in [6.45, 7) is 10.4. The maximum Gasteiger partial charge on any atom is 0.0692 e. The molecule has 2 heterocycles. The third-order valence-electron chi connectivity index (χ3n) is 6.38. The van der Waals surface area contributed by atoms with E-state index in [-0.39, 0.29) is 5.60 Å². The Balaban J connectivity index is 1.69. The van der Waals surface area contributed by atoms with E-state index in [2.05, 4.69) is 31.0 Å². The molecule has 0 aromatic rings. The van der Waals surface area contributed by atoms with Crippen LogP contribution >= 0.6 is 0 Å². The molecule has 1 saturated carbocycles. The van der Waals surface area contributed by atoms with Crippen molar-refractivity contribution in [1.29, 1.82) is 0 Å². The summed E-state index contributed by atoms with van der Waals surface area (Å²) in [6.07, 6.45) is 8.97. The Kier molecular flexibility index (Phi) is 4.92. The van der Waals surface area contributed by atoms with E-state index in [4.69, 9.17) is 4.74 Å². The van der Waals surface area contributed by atoms with Crippen molar-refractivity contribution in [3.8, 4) is 0 Å². The van der Waals surface area contributed by atoms with Crippen LogP contribution in [-0.2, 0) is 4.74 Å². The Morgan fingerprint density at radius 3 is 2.52 bits per heavy atom. The van der Waals surface area contributed by atoms with Gasteiger partial charge in [-0.25, -0.2) is 0 Å². The van der Waals surface area contributed by atoms with E-state index in [9.17, 15) is 0 Å². The van der Waals surface area contributed by atoms with Crippen LogP contribution in [-0.4, -0.2) is 48.3 Å². The summed E-state index contributed by atoms with van der Waals surface area (Å²) in [5.74, 6) is 0.965. The van der Waals surface area contributed by atoms with Gasteiger partial charge in [-0.2, -0.15) is 0 Å². The molecular weight excluding hydrogens is 260 g/mol. The molecule has 0 bridgehead atoms. The van der Waals surface area contributed by atoms with Crippen LogP contribution in [0.5, 0.6) is 0 Å². The summed E-state index contributed by atoms with van der Waals surface area (Å²) in [7, 11) is 0. The van der Waals surface area contributed by atoms with Crippen molar-refractivity contribution in [3.63, 3.8) is 0 Å². The van der Waals surface area contributed by atoms with Gasteiger partial charge in [0.2, 0.25) is 0 Å². The molecule has 3 unspecified atom stereocenters. The molecule has 1 N–H and O–H groups in total. The molecule has 3 aliphatic rings. The van der Waals surface area contributed by atoms with Crippen LogP contribution in [0.15, 0.2) is 0 Å². The average molecular weight is 294 g/mol. The summed E-state index contributed by atoms with van der Waals surface area (Å²) in [4.78, 5) is 2.86. The van der Waals surface area contributed by atoms with Crippen molar-refractivity contribution in [2.45, 2.75) is 89.4 Å². The molecule has 0 aromatic heterocycles. The van der Waals surface area contributed by atoms with Gasteiger partial charge in [-0.05, 0) is 50.9 Å². The standard InChI is InChI=1S/C18H34N2O/c1-4-15-12-19-17(14-7-8-14)13-20(15)16-9-10-21-18(5-2,6-3)11-16/h14-17,19H,4-13H2,1-3H3. The van der Waals surface area contributed by atoms with Crippen LogP contribution in [0.2, 0.25) is 0 Å². The van der Waals surface area contributed by atoms with E-state index in [1.165, 1.54) is 45.2 Å². The van der Waals surface area contributed by atoms with Crippen LogP contribution < -0.4 is 5.32 Å². The third-order valence-corrected chi connectivity index (χ3v) is 6.38. The predicted octanol–water partition coefficient (Wildman–Crippen LogP) is 3.19. The molecule has 3 fully saturated rings. The molecule has 0 aromatic carbocycles. The summed E-state index contributed by atoms with van der Waals surface area (Å²) in [5, 5.41) is 3.83. The van der Waals surface area contributed by atoms with Crippen LogP contribution in [0.3, 0.4) is 0 Å². The normalized spacial score (nSPS) is 37.6. The number of hydrogen-bond donors (Lipinski definition) is 1. The quantitative estimate of drug-likeness (QED) is 0.843. The van der Waals surface area contributed by atoms with Crippen LogP contribution in [0.1, 0.15) is 65.7 Å². The number of ether oxygens (including phenoxy) is 1. The molecule has 1 aliphatic carbocycles. The second-order valence-corrected chi connectivity index (χ2v) is 7.50. The van der Waals surface area contributed by atoms with Gasteiger partial charge in [-0.15, -0.1) is 0 Å². The first-order chi connectivity index (χ1) is 10.2. The second kappa shape index (κ2) is 6.55. The monoisotopic (exact) mass is 294 g/mol. The molecule has 2 aliphatic heterocycles. The maximum absolute atomic E-state index is 6.20. The summed E-state index contributed by atoms with van der Waals surface area (Å²) < 4.78 is 6.20. The molecule has 3 atom stereocenters. The van der Waals surface area contributed by atoms with Crippen molar-refractivity contribution < 1.29 is 4.74 Å². The lowest BCUT2D eigenvalue weighted by Gasteiger charge is -2.50. The van der Waals surface area contributed by atoms with Gasteiger partial charge in [0.1, 0.15) is 0 Å². The van der Waals surface area contributed by atoms with Gasteiger partial charge in [0, 0.05) is 37.8 Å². The highest BCUT2D eigenvalue weighted by Gasteiger charge is 2.42. The lowest BCUT2D eigenvalue weighted by atomic mass is 9.84. The van der Waals surface area contributed by atoms with Gasteiger partial charge in [0.05, 0.1) is 5.60 Å². The highest BCUT2D eigenvalue weighted by atomic mass is 16.5. The number of piperazine rings is 1. The number of nitrogens with zero attached hydrogens (tertiary/aromatic N) is 1. The number of hydrogen-bond acceptors (Lipinski definition) is 3. The van der Waals surface area contributed by atoms with E-state index < -0.39 is 0 Å². The predicted molar refractivity (Wildman–Crippen MR) is 87.6 cm³/mol. The number of nitrogens with one attached hydrogen (secondary N) is 1. The van der Waals surface area contributed by atoms with E-state index in [1.54, 1.807) is 0 Å². The van der Waals surface area contributed by atoms with Gasteiger partial charge >= 0.3 is 0 Å². The van der Waals surface area contributed by atoms with Gasteiger partial charge in [0.15, 0.2) is 0 Å². The maximum atomic E-state index is 6.20. The highest BCUT2D eigenvalue weighted by molar-refractivity contribution is 4.98. The first-order valence-electron chi connectivity index (χ1n) is 9.34. The van der Waals surface area contributed by atoms with Gasteiger partial charge < -0.3 is 10.1 Å². The van der Waals surface area contributed by atoms with Crippen molar-refractivity contribution in [3.05, 3.63) is 0 Å². The minimum absolute atomic E-state index is 0.154. The molecule has 3 rings (SSSR count). The minimum Gasteiger partial charge on any atom is -0.375 e. The molecule has 0 spiro atoms. The fourth-order valence-corrected chi connectivity index (χ4v) is 4.51. The molecular formula is C18H34N2O. The molecule has 3 heteroatoms. The fourth-order valence-electron chi connectivity index (χ4n) is 4.51. The first-order valence-corrected chi connectivity index (χ1v) is 9.34. The lowest BCUT2D eigenvalue weighted by Crippen LogP contribution is -2.62. The van der Waals surface area contributed by atoms with Gasteiger partial charge in [-0.1, -0.05) is 20.8 Å². The second-order valence-electron chi connectivity index (χ2n) is 7.50. The Labute approximate surface area is 130 Å². The zero-order valence-corrected chi connectivity index (χ0v) is 14.2. The van der Waals surface area contributed by atoms with E-state index >= 15 is 0 Å².